The molecule has 3 aromatic rings. The fourth-order valence-corrected chi connectivity index (χ4v) is 3.53. The zero-order chi connectivity index (χ0) is 20.1. The molecule has 28 heavy (non-hydrogen) atoms. The van der Waals surface area contributed by atoms with Crippen LogP contribution in [0.25, 0.3) is 11.3 Å². The van der Waals surface area contributed by atoms with Gasteiger partial charge in [0.1, 0.15) is 10.7 Å². The summed E-state index contributed by atoms with van der Waals surface area (Å²) in [4.78, 5) is 16.2. The van der Waals surface area contributed by atoms with Gasteiger partial charge in [0.05, 0.1) is 6.21 Å². The van der Waals surface area contributed by atoms with Crippen molar-refractivity contribution in [2.24, 2.45) is 5.10 Å². The monoisotopic (exact) mass is 392 g/mol. The quantitative estimate of drug-likeness (QED) is 0.421. The van der Waals surface area contributed by atoms with Crippen molar-refractivity contribution in [3.8, 4) is 11.3 Å². The van der Waals surface area contributed by atoms with Crippen molar-refractivity contribution < 1.29 is 4.79 Å². The van der Waals surface area contributed by atoms with Crippen LogP contribution in [0, 0.1) is 6.92 Å². The van der Waals surface area contributed by atoms with Gasteiger partial charge in [0.25, 0.3) is 0 Å². The van der Waals surface area contributed by atoms with E-state index in [9.17, 15) is 4.79 Å². The summed E-state index contributed by atoms with van der Waals surface area (Å²) in [5.41, 5.74) is 8.14. The third-order valence-corrected chi connectivity index (χ3v) is 5.09. The molecule has 1 heterocycles. The molecule has 0 bridgehead atoms. The highest BCUT2D eigenvalue weighted by Crippen LogP contribution is 2.36. The van der Waals surface area contributed by atoms with E-state index in [4.69, 9.17) is 0 Å². The molecule has 0 radical (unpaired) electrons. The van der Waals surface area contributed by atoms with E-state index >= 15 is 0 Å². The number of nitrogens with one attached hydrogen (secondary N) is 2. The van der Waals surface area contributed by atoms with Crippen LogP contribution in [-0.2, 0) is 4.79 Å². The Morgan fingerprint density at radius 3 is 2.39 bits per heavy atom. The molecule has 2 aromatic carbocycles. The van der Waals surface area contributed by atoms with E-state index in [1.165, 1.54) is 29.4 Å². The molecule has 0 aliphatic rings. The molecular formula is C22H24N4OS. The van der Waals surface area contributed by atoms with Crippen LogP contribution < -0.4 is 10.7 Å². The van der Waals surface area contributed by atoms with Crippen LogP contribution in [-0.4, -0.2) is 17.1 Å². The maximum Gasteiger partial charge on any atom is 0.221 e. The lowest BCUT2D eigenvalue weighted by atomic mass is 10.0. The number of carbonyl (C=O) groups is 1. The molecule has 2 N–H and O–H groups in total. The maximum atomic E-state index is 11.6. The van der Waals surface area contributed by atoms with Crippen molar-refractivity contribution in [3.63, 3.8) is 0 Å². The second-order valence-electron chi connectivity index (χ2n) is 6.94. The summed E-state index contributed by atoms with van der Waals surface area (Å²) in [6, 6.07) is 16.4. The topological polar surface area (TPSA) is 66.4 Å². The molecule has 1 amide bonds. The minimum atomic E-state index is -0.127. The van der Waals surface area contributed by atoms with Crippen LogP contribution in [0.15, 0.2) is 53.6 Å². The molecule has 3 rings (SSSR count). The Balaban J connectivity index is 1.78. The third-order valence-electron chi connectivity index (χ3n) is 4.22. The van der Waals surface area contributed by atoms with Crippen molar-refractivity contribution in [1.29, 1.82) is 0 Å². The number of hydrogen-bond acceptors (Lipinski definition) is 5. The molecule has 1 aromatic heterocycles. The van der Waals surface area contributed by atoms with Crippen LogP contribution in [0.5, 0.6) is 0 Å². The average molecular weight is 393 g/mol. The number of carbonyl (C=O) groups excluding carboxylic acids is 1. The first-order valence-electron chi connectivity index (χ1n) is 9.17. The van der Waals surface area contributed by atoms with E-state index in [-0.39, 0.29) is 5.91 Å². The van der Waals surface area contributed by atoms with Crippen molar-refractivity contribution in [1.82, 2.24) is 4.98 Å². The van der Waals surface area contributed by atoms with Gasteiger partial charge in [0.2, 0.25) is 11.0 Å². The van der Waals surface area contributed by atoms with Crippen molar-refractivity contribution in [3.05, 3.63) is 65.2 Å². The third kappa shape index (κ3) is 5.04. The van der Waals surface area contributed by atoms with Gasteiger partial charge < -0.3 is 5.32 Å². The highest BCUT2D eigenvalue weighted by molar-refractivity contribution is 7.20. The van der Waals surface area contributed by atoms with Gasteiger partial charge in [-0.05, 0) is 24.0 Å². The van der Waals surface area contributed by atoms with Crippen LogP contribution in [0.1, 0.15) is 43.4 Å². The van der Waals surface area contributed by atoms with E-state index in [1.807, 2.05) is 43.3 Å². The Labute approximate surface area is 169 Å². The Morgan fingerprint density at radius 1 is 1.11 bits per heavy atom. The van der Waals surface area contributed by atoms with Crippen LogP contribution in [0.3, 0.4) is 0 Å². The summed E-state index contributed by atoms with van der Waals surface area (Å²) in [5.74, 6) is 0.379. The predicted molar refractivity (Wildman–Crippen MR) is 118 cm³/mol. The summed E-state index contributed by atoms with van der Waals surface area (Å²) in [6.45, 7) is 7.87. The number of aromatic nitrogens is 1. The lowest BCUT2D eigenvalue weighted by Crippen LogP contribution is -2.05. The van der Waals surface area contributed by atoms with Gasteiger partial charge >= 0.3 is 0 Å². The number of benzene rings is 2. The van der Waals surface area contributed by atoms with E-state index in [0.717, 1.165) is 16.8 Å². The van der Waals surface area contributed by atoms with Crippen LogP contribution in [0.2, 0.25) is 0 Å². The highest BCUT2D eigenvalue weighted by Gasteiger charge is 2.14. The molecule has 0 aliphatic carbocycles. The Bertz CT molecular complexity index is 973. The van der Waals surface area contributed by atoms with Crippen molar-refractivity contribution in [2.75, 3.05) is 10.7 Å². The SMILES string of the molecule is CC(=O)Nc1sc(N/N=C\c2ccc(C(C)C)cc2)nc1-c1ccc(C)cc1. The second-order valence-corrected chi connectivity index (χ2v) is 7.93. The molecule has 0 spiro atoms. The van der Waals surface area contributed by atoms with E-state index in [0.29, 0.717) is 16.1 Å². The molecule has 0 saturated heterocycles. The number of rotatable bonds is 6. The minimum Gasteiger partial charge on any atom is -0.316 e. The number of thiazole rings is 1. The normalized spacial score (nSPS) is 11.2. The summed E-state index contributed by atoms with van der Waals surface area (Å²) < 4.78 is 0. The standard InChI is InChI=1S/C22H24N4OS/c1-14(2)18-11-7-17(8-12-18)13-23-26-22-25-20(21(28-22)24-16(4)27)19-9-5-15(3)6-10-19/h5-14H,1-4H3,(H,24,27)(H,25,26)/b23-13-. The van der Waals surface area contributed by atoms with Crippen molar-refractivity contribution in [2.45, 2.75) is 33.6 Å². The van der Waals surface area contributed by atoms with Crippen LogP contribution in [0.4, 0.5) is 10.1 Å². The molecule has 0 unspecified atom stereocenters. The summed E-state index contributed by atoms with van der Waals surface area (Å²) in [7, 11) is 0. The summed E-state index contributed by atoms with van der Waals surface area (Å²) in [5, 5.41) is 8.47. The number of aryl methyl sites for hydroxylation is 1. The molecular weight excluding hydrogens is 368 g/mol. The smallest absolute Gasteiger partial charge is 0.221 e. The largest absolute Gasteiger partial charge is 0.316 e. The van der Waals surface area contributed by atoms with E-state index in [2.05, 4.69) is 46.8 Å². The van der Waals surface area contributed by atoms with Gasteiger partial charge in [0, 0.05) is 12.5 Å². The van der Waals surface area contributed by atoms with E-state index < -0.39 is 0 Å². The Hall–Kier alpha value is -2.99. The predicted octanol–water partition coefficient (Wildman–Crippen LogP) is 5.65. The molecule has 0 atom stereocenters. The van der Waals surface area contributed by atoms with Gasteiger partial charge in [-0.1, -0.05) is 79.3 Å². The van der Waals surface area contributed by atoms with Gasteiger partial charge in [-0.25, -0.2) is 4.98 Å². The minimum absolute atomic E-state index is 0.127. The first-order valence-corrected chi connectivity index (χ1v) is 9.98. The summed E-state index contributed by atoms with van der Waals surface area (Å²) >= 11 is 1.36. The lowest BCUT2D eigenvalue weighted by molar-refractivity contribution is -0.114. The molecule has 6 heteroatoms. The molecule has 0 saturated carbocycles. The number of hydrazone groups is 1. The van der Waals surface area contributed by atoms with Gasteiger partial charge in [-0.15, -0.1) is 0 Å². The Morgan fingerprint density at radius 2 is 1.79 bits per heavy atom. The number of nitrogens with zero attached hydrogens (tertiary/aromatic N) is 2. The number of anilines is 2. The average Bonchev–Trinajstić information content (AvgIpc) is 3.04. The molecule has 0 aliphatic heterocycles. The van der Waals surface area contributed by atoms with E-state index in [1.54, 1.807) is 6.21 Å². The fraction of sp³-hybridized carbons (Fsp3) is 0.227. The zero-order valence-electron chi connectivity index (χ0n) is 16.5. The van der Waals surface area contributed by atoms with Gasteiger partial charge in [-0.2, -0.15) is 5.10 Å². The fourth-order valence-electron chi connectivity index (χ4n) is 2.65. The molecule has 0 fully saturated rings. The lowest BCUT2D eigenvalue weighted by Gasteiger charge is -2.04. The van der Waals surface area contributed by atoms with Gasteiger partial charge in [0.15, 0.2) is 0 Å². The molecule has 5 nitrogen and oxygen atoms in total. The van der Waals surface area contributed by atoms with Crippen molar-refractivity contribution >= 4 is 33.6 Å². The molecule has 144 valence electrons. The second kappa shape index (κ2) is 8.80. The first kappa shape index (κ1) is 19.8. The number of hydrogen-bond donors (Lipinski definition) is 2. The zero-order valence-corrected chi connectivity index (χ0v) is 17.3. The first-order chi connectivity index (χ1) is 13.4. The summed E-state index contributed by atoms with van der Waals surface area (Å²) in [6.07, 6.45) is 1.76. The maximum absolute atomic E-state index is 11.6. The number of amides is 1. The van der Waals surface area contributed by atoms with Gasteiger partial charge in [-0.3, -0.25) is 10.2 Å². The highest BCUT2D eigenvalue weighted by atomic mass is 32.1. The van der Waals surface area contributed by atoms with Crippen LogP contribution >= 0.6 is 11.3 Å². The Kier molecular flexibility index (Phi) is 6.21.